The van der Waals surface area contributed by atoms with Crippen LogP contribution in [0.25, 0.3) is 0 Å². The first-order valence-corrected chi connectivity index (χ1v) is 3.79. The van der Waals surface area contributed by atoms with Gasteiger partial charge in [0.15, 0.2) is 0 Å². The number of nitrogens with one attached hydrogen (secondary N) is 2. The number of likely N-dealkylation sites (N-methyl/N-ethyl adjacent to an activating group) is 1. The van der Waals surface area contributed by atoms with E-state index < -0.39 is 11.8 Å². The van der Waals surface area contributed by atoms with Crippen molar-refractivity contribution in [3.8, 4) is 0 Å². The maximum absolute atomic E-state index is 11.0. The maximum atomic E-state index is 11.0. The number of hydrogen-bond acceptors (Lipinski definition) is 3. The van der Waals surface area contributed by atoms with Crippen LogP contribution in [-0.2, 0) is 14.4 Å². The van der Waals surface area contributed by atoms with Crippen LogP contribution >= 0.6 is 0 Å². The molecule has 0 bridgehead atoms. The second-order valence-corrected chi connectivity index (χ2v) is 3.55. The van der Waals surface area contributed by atoms with Gasteiger partial charge in [-0.3, -0.25) is 24.7 Å². The Hall–Kier alpha value is -1.63. The van der Waals surface area contributed by atoms with Gasteiger partial charge in [-0.25, -0.2) is 4.79 Å². The molecule has 0 rings (SSSR count). The second kappa shape index (κ2) is 4.05. The van der Waals surface area contributed by atoms with E-state index in [1.165, 1.54) is 21.1 Å². The molecule has 0 aromatic carbocycles. The van der Waals surface area contributed by atoms with Gasteiger partial charge in [-0.2, -0.15) is 0 Å². The van der Waals surface area contributed by atoms with E-state index in [1.807, 2.05) is 0 Å². The van der Waals surface area contributed by atoms with Gasteiger partial charge in [-0.1, -0.05) is 0 Å². The normalized spacial score (nSPS) is 11.6. The first-order valence-electron chi connectivity index (χ1n) is 3.79. The summed E-state index contributed by atoms with van der Waals surface area (Å²) in [4.78, 5) is 31.6. The number of carbonyl (C=O) groups excluding carboxylic acids is 2. The van der Waals surface area contributed by atoms with Gasteiger partial charge in [-0.05, 0) is 0 Å². The fourth-order valence-corrected chi connectivity index (χ4v) is 1.01. The SMILES string of the molecule is C[N+](C)(C)C(NC=O)(NC=O)C(=O)O. The third-order valence-electron chi connectivity index (χ3n) is 1.85. The Bertz CT molecular complexity index is 236. The highest BCUT2D eigenvalue weighted by molar-refractivity contribution is 5.81. The van der Waals surface area contributed by atoms with Crippen molar-refractivity contribution < 1.29 is 24.0 Å². The molecule has 0 aromatic rings. The number of rotatable bonds is 6. The van der Waals surface area contributed by atoms with Crippen LogP contribution in [0, 0.1) is 0 Å². The highest BCUT2D eigenvalue weighted by Crippen LogP contribution is 2.11. The van der Waals surface area contributed by atoms with Crippen LogP contribution < -0.4 is 10.6 Å². The Kier molecular flexibility index (Phi) is 3.58. The minimum atomic E-state index is -1.84. The minimum Gasteiger partial charge on any atom is -0.473 e. The van der Waals surface area contributed by atoms with Gasteiger partial charge in [0.2, 0.25) is 12.8 Å². The molecule has 0 aliphatic heterocycles. The molecule has 0 fully saturated rings. The Balaban J connectivity index is 5.24. The van der Waals surface area contributed by atoms with Gasteiger partial charge in [0, 0.05) is 0 Å². The molecule has 0 radical (unpaired) electrons. The van der Waals surface area contributed by atoms with Crippen molar-refractivity contribution >= 4 is 18.8 Å². The average Bonchev–Trinajstić information content (AvgIpc) is 2.01. The molecule has 0 saturated carbocycles. The summed E-state index contributed by atoms with van der Waals surface area (Å²) < 4.78 is -0.181. The number of nitrogens with zero attached hydrogens (tertiary/aromatic N) is 1. The van der Waals surface area contributed by atoms with Crippen molar-refractivity contribution in [1.29, 1.82) is 0 Å². The lowest BCUT2D eigenvalue weighted by Crippen LogP contribution is -2.76. The molecule has 3 N–H and O–H groups in total. The zero-order chi connectivity index (χ0) is 11.4. The van der Waals surface area contributed by atoms with Crippen LogP contribution in [0.4, 0.5) is 0 Å². The summed E-state index contributed by atoms with van der Waals surface area (Å²) in [6, 6.07) is 0. The fourth-order valence-electron chi connectivity index (χ4n) is 1.01. The molecule has 80 valence electrons. The van der Waals surface area contributed by atoms with E-state index in [-0.39, 0.29) is 17.3 Å². The van der Waals surface area contributed by atoms with Crippen LogP contribution in [0.1, 0.15) is 0 Å². The molecular weight excluding hydrogens is 190 g/mol. The van der Waals surface area contributed by atoms with Gasteiger partial charge in [-0.15, -0.1) is 0 Å². The van der Waals surface area contributed by atoms with E-state index >= 15 is 0 Å². The number of carboxylic acids is 1. The first-order chi connectivity index (χ1) is 6.31. The molecule has 0 spiro atoms. The molecule has 7 heteroatoms. The lowest BCUT2D eigenvalue weighted by Gasteiger charge is -2.40. The predicted molar refractivity (Wildman–Crippen MR) is 46.8 cm³/mol. The fraction of sp³-hybridized carbons (Fsp3) is 0.571. The number of carboxylic acid groups (broad SMARTS) is 1. The number of aliphatic carboxylic acids is 1. The zero-order valence-electron chi connectivity index (χ0n) is 8.27. The van der Waals surface area contributed by atoms with Crippen molar-refractivity contribution in [3.05, 3.63) is 0 Å². The summed E-state index contributed by atoms with van der Waals surface area (Å²) in [5.41, 5.74) is 0. The van der Waals surface area contributed by atoms with Crippen LogP contribution in [0.2, 0.25) is 0 Å². The van der Waals surface area contributed by atoms with Gasteiger partial charge < -0.3 is 5.11 Å². The van der Waals surface area contributed by atoms with Crippen LogP contribution in [0.15, 0.2) is 0 Å². The third-order valence-corrected chi connectivity index (χ3v) is 1.85. The topological polar surface area (TPSA) is 95.5 Å². The molecule has 0 aromatic heterocycles. The van der Waals surface area contributed by atoms with Gasteiger partial charge in [0.05, 0.1) is 21.1 Å². The van der Waals surface area contributed by atoms with Gasteiger partial charge >= 0.3 is 11.8 Å². The molecule has 0 aliphatic rings. The summed E-state index contributed by atoms with van der Waals surface area (Å²) >= 11 is 0. The van der Waals surface area contributed by atoms with Crippen molar-refractivity contribution in [2.75, 3.05) is 21.1 Å². The maximum Gasteiger partial charge on any atom is 0.412 e. The van der Waals surface area contributed by atoms with Gasteiger partial charge in [0.1, 0.15) is 0 Å². The lowest BCUT2D eigenvalue weighted by molar-refractivity contribution is -0.919. The second-order valence-electron chi connectivity index (χ2n) is 3.55. The smallest absolute Gasteiger partial charge is 0.412 e. The number of quaternary nitrogens is 1. The predicted octanol–water partition coefficient (Wildman–Crippen LogP) is -2.08. The van der Waals surface area contributed by atoms with Crippen LogP contribution in [-0.4, -0.2) is 55.3 Å². The molecular formula is C7H14N3O4+. The van der Waals surface area contributed by atoms with E-state index in [0.29, 0.717) is 0 Å². The van der Waals surface area contributed by atoms with E-state index in [0.717, 1.165) is 0 Å². The highest BCUT2D eigenvalue weighted by Gasteiger charge is 2.51. The molecule has 2 amide bonds. The van der Waals surface area contributed by atoms with Gasteiger partial charge in [0.25, 0.3) is 0 Å². The average molecular weight is 204 g/mol. The Labute approximate surface area is 81.3 Å². The summed E-state index contributed by atoms with van der Waals surface area (Å²) in [7, 11) is 4.59. The molecule has 0 unspecified atom stereocenters. The molecule has 0 atom stereocenters. The third kappa shape index (κ3) is 1.99. The first kappa shape index (κ1) is 12.4. The van der Waals surface area contributed by atoms with E-state index in [1.54, 1.807) is 0 Å². The van der Waals surface area contributed by atoms with Crippen molar-refractivity contribution in [3.63, 3.8) is 0 Å². The van der Waals surface area contributed by atoms with E-state index in [9.17, 15) is 14.4 Å². The van der Waals surface area contributed by atoms with E-state index in [2.05, 4.69) is 10.6 Å². The Morgan fingerprint density at radius 1 is 1.21 bits per heavy atom. The highest BCUT2D eigenvalue weighted by atomic mass is 16.4. The molecule has 0 aliphatic carbocycles. The summed E-state index contributed by atoms with van der Waals surface area (Å²) in [5.74, 6) is -3.19. The molecule has 7 nitrogen and oxygen atoms in total. The number of carbonyl (C=O) groups is 3. The van der Waals surface area contributed by atoms with Crippen LogP contribution in [0.3, 0.4) is 0 Å². The lowest BCUT2D eigenvalue weighted by atomic mass is 10.2. The molecule has 14 heavy (non-hydrogen) atoms. The number of hydrogen-bond donors (Lipinski definition) is 3. The van der Waals surface area contributed by atoms with E-state index in [4.69, 9.17) is 5.11 Å². The standard InChI is InChI=1S/C7H13N3O4/c1-10(2,3)7(6(13)14,8-4-11)9-5-12/h4-5H,1-3H3,(H2-,8,9,11,12,13,14)/p+1. The summed E-state index contributed by atoms with van der Waals surface area (Å²) in [6.07, 6.45) is 0.461. The van der Waals surface area contributed by atoms with Crippen LogP contribution in [0.5, 0.6) is 0 Å². The largest absolute Gasteiger partial charge is 0.473 e. The quantitative estimate of drug-likeness (QED) is 0.263. The monoisotopic (exact) mass is 204 g/mol. The molecule has 0 saturated heterocycles. The zero-order valence-corrected chi connectivity index (χ0v) is 8.27. The molecule has 0 heterocycles. The minimum absolute atomic E-state index is 0.181. The van der Waals surface area contributed by atoms with Crippen molar-refractivity contribution in [2.24, 2.45) is 0 Å². The summed E-state index contributed by atoms with van der Waals surface area (Å²) in [6.45, 7) is 0. The Morgan fingerprint density at radius 3 is 1.71 bits per heavy atom. The number of amides is 2. The van der Waals surface area contributed by atoms with Crippen molar-refractivity contribution in [2.45, 2.75) is 5.79 Å². The Morgan fingerprint density at radius 2 is 1.57 bits per heavy atom. The van der Waals surface area contributed by atoms with Crippen molar-refractivity contribution in [1.82, 2.24) is 10.6 Å². The summed E-state index contributed by atoms with van der Waals surface area (Å²) in [5, 5.41) is 13.1.